The Balaban J connectivity index is 1.12. The first kappa shape index (κ1) is 36.1. The van der Waals surface area contributed by atoms with Crippen LogP contribution in [-0.4, -0.2) is 29.9 Å². The topological polar surface area (TPSA) is 77.3 Å². The minimum Gasteiger partial charge on any atom is -0.208 e. The van der Waals surface area contributed by atoms with Gasteiger partial charge >= 0.3 is 0 Å². The molecule has 10 rings (SSSR count). The van der Waals surface area contributed by atoms with Gasteiger partial charge < -0.3 is 0 Å². The molecule has 0 N–H and O–H groups in total. The molecule has 0 saturated carbocycles. The monoisotopic (exact) mass is 768 g/mol. The molecule has 0 aliphatic carbocycles. The second kappa shape index (κ2) is 16.3. The van der Waals surface area contributed by atoms with E-state index in [1.807, 2.05) is 109 Å². The number of hydrogen-bond donors (Lipinski definition) is 0. The Labute approximate surface area is 348 Å². The van der Waals surface area contributed by atoms with E-state index in [0.717, 1.165) is 66.8 Å². The highest BCUT2D eigenvalue weighted by atomic mass is 15.0. The number of aromatic nitrogens is 6. The molecule has 6 heteroatoms. The van der Waals surface area contributed by atoms with Crippen LogP contribution in [0.25, 0.3) is 102 Å². The molecule has 0 spiro atoms. The van der Waals surface area contributed by atoms with Gasteiger partial charge in [0.2, 0.25) is 0 Å². The van der Waals surface area contributed by atoms with Crippen LogP contribution < -0.4 is 0 Å². The summed E-state index contributed by atoms with van der Waals surface area (Å²) in [5, 5.41) is 0. The summed E-state index contributed by atoms with van der Waals surface area (Å²) in [5.74, 6) is 3.62. The summed E-state index contributed by atoms with van der Waals surface area (Å²) >= 11 is 0. The van der Waals surface area contributed by atoms with Crippen LogP contribution in [0.4, 0.5) is 0 Å². The van der Waals surface area contributed by atoms with Crippen molar-refractivity contribution in [1.29, 1.82) is 0 Å². The second-order valence-electron chi connectivity index (χ2n) is 14.3. The van der Waals surface area contributed by atoms with Crippen molar-refractivity contribution in [2.45, 2.75) is 0 Å². The van der Waals surface area contributed by atoms with Crippen LogP contribution in [0, 0.1) is 0 Å². The summed E-state index contributed by atoms with van der Waals surface area (Å²) in [7, 11) is 0. The Hall–Kier alpha value is -8.22. The van der Waals surface area contributed by atoms with Crippen molar-refractivity contribution in [3.8, 4) is 102 Å². The molecule has 8 aromatic carbocycles. The third-order valence-corrected chi connectivity index (χ3v) is 10.4. The molecular formula is C54H36N6. The van der Waals surface area contributed by atoms with Crippen LogP contribution in [0.3, 0.4) is 0 Å². The van der Waals surface area contributed by atoms with Crippen LogP contribution in [-0.2, 0) is 0 Å². The van der Waals surface area contributed by atoms with Gasteiger partial charge in [0.25, 0.3) is 0 Å². The molecule has 0 fully saturated rings. The zero-order chi connectivity index (χ0) is 40.1. The first-order valence-electron chi connectivity index (χ1n) is 19.9. The van der Waals surface area contributed by atoms with Gasteiger partial charge in [0.05, 0.1) is 0 Å². The Morgan fingerprint density at radius 3 is 0.900 bits per heavy atom. The van der Waals surface area contributed by atoms with Crippen molar-refractivity contribution < 1.29 is 0 Å². The molecule has 0 unspecified atom stereocenters. The first-order valence-corrected chi connectivity index (χ1v) is 19.9. The van der Waals surface area contributed by atoms with E-state index < -0.39 is 0 Å². The van der Waals surface area contributed by atoms with Gasteiger partial charge in [0, 0.05) is 33.4 Å². The van der Waals surface area contributed by atoms with Gasteiger partial charge in [0.15, 0.2) is 34.9 Å². The van der Waals surface area contributed by atoms with Gasteiger partial charge in [-0.05, 0) is 45.5 Å². The Morgan fingerprint density at radius 1 is 0.167 bits per heavy atom. The lowest BCUT2D eigenvalue weighted by Crippen LogP contribution is -2.02. The summed E-state index contributed by atoms with van der Waals surface area (Å²) in [6, 6.07) is 74.2. The molecule has 2 heterocycles. The second-order valence-corrected chi connectivity index (χ2v) is 14.3. The highest BCUT2D eigenvalue weighted by molar-refractivity contribution is 5.89. The van der Waals surface area contributed by atoms with Crippen LogP contribution in [0.2, 0.25) is 0 Å². The van der Waals surface area contributed by atoms with E-state index in [1.54, 1.807) is 0 Å². The van der Waals surface area contributed by atoms with Crippen LogP contribution in [0.15, 0.2) is 218 Å². The van der Waals surface area contributed by atoms with E-state index in [4.69, 9.17) is 29.9 Å². The van der Waals surface area contributed by atoms with Crippen LogP contribution >= 0.6 is 0 Å². The smallest absolute Gasteiger partial charge is 0.164 e. The van der Waals surface area contributed by atoms with Crippen molar-refractivity contribution in [3.63, 3.8) is 0 Å². The van der Waals surface area contributed by atoms with Crippen LogP contribution in [0.1, 0.15) is 0 Å². The fourth-order valence-corrected chi connectivity index (χ4v) is 7.41. The summed E-state index contributed by atoms with van der Waals surface area (Å²) in [6.07, 6.45) is 0. The normalized spacial score (nSPS) is 11.0. The van der Waals surface area contributed by atoms with E-state index in [9.17, 15) is 0 Å². The molecule has 10 aromatic rings. The maximum atomic E-state index is 5.16. The molecule has 0 saturated heterocycles. The minimum absolute atomic E-state index is 0.587. The highest BCUT2D eigenvalue weighted by Crippen LogP contribution is 2.39. The largest absolute Gasteiger partial charge is 0.208 e. The number of rotatable bonds is 9. The van der Waals surface area contributed by atoms with Gasteiger partial charge in [-0.2, -0.15) is 0 Å². The molecular weight excluding hydrogens is 733 g/mol. The molecule has 0 radical (unpaired) electrons. The van der Waals surface area contributed by atoms with Crippen molar-refractivity contribution >= 4 is 0 Å². The van der Waals surface area contributed by atoms with Crippen molar-refractivity contribution in [1.82, 2.24) is 29.9 Å². The molecule has 282 valence electrons. The van der Waals surface area contributed by atoms with Gasteiger partial charge in [-0.15, -0.1) is 0 Å². The summed E-state index contributed by atoms with van der Waals surface area (Å²) in [6.45, 7) is 0. The van der Waals surface area contributed by atoms with Gasteiger partial charge in [0.1, 0.15) is 0 Å². The summed E-state index contributed by atoms with van der Waals surface area (Å²) < 4.78 is 0. The standard InChI is InChI=1S/C54H36N6/c1-6-18-37(19-7-1)38-30-32-43(33-31-38)52-56-51(42-26-14-5-15-27-42)57-53(60-52)46-29-17-16-28-45(46)44-34-35-47(48(36-44)39-20-8-2-9-21-39)54-58-49(40-22-10-3-11-23-40)55-50(59-54)41-24-12-4-13-25-41/h1-36H. The lowest BCUT2D eigenvalue weighted by molar-refractivity contribution is 1.07. The predicted molar refractivity (Wildman–Crippen MR) is 242 cm³/mol. The van der Waals surface area contributed by atoms with Crippen molar-refractivity contribution in [2.75, 3.05) is 0 Å². The predicted octanol–water partition coefficient (Wildman–Crippen LogP) is 13.1. The molecule has 2 aromatic heterocycles. The molecule has 0 aliphatic heterocycles. The number of benzene rings is 8. The maximum Gasteiger partial charge on any atom is 0.164 e. The molecule has 0 amide bonds. The molecule has 6 nitrogen and oxygen atoms in total. The Kier molecular flexibility index (Phi) is 9.84. The molecule has 0 aliphatic rings. The molecule has 60 heavy (non-hydrogen) atoms. The summed E-state index contributed by atoms with van der Waals surface area (Å²) in [5.41, 5.74) is 11.8. The van der Waals surface area contributed by atoms with E-state index in [0.29, 0.717) is 34.9 Å². The lowest BCUT2D eigenvalue weighted by atomic mass is 9.92. The zero-order valence-electron chi connectivity index (χ0n) is 32.5. The third-order valence-electron chi connectivity index (χ3n) is 10.4. The fourth-order valence-electron chi connectivity index (χ4n) is 7.41. The van der Waals surface area contributed by atoms with Gasteiger partial charge in [-0.1, -0.05) is 206 Å². The number of hydrogen-bond acceptors (Lipinski definition) is 6. The SMILES string of the molecule is c1ccc(-c2ccc(-c3nc(-c4ccccc4)nc(-c4ccccc4-c4ccc(-c5nc(-c6ccccc6)nc(-c6ccccc6)n5)c(-c5ccccc5)c4)n3)cc2)cc1. The third kappa shape index (κ3) is 7.49. The average molecular weight is 769 g/mol. The average Bonchev–Trinajstić information content (AvgIpc) is 3.35. The van der Waals surface area contributed by atoms with E-state index in [1.165, 1.54) is 0 Å². The highest BCUT2D eigenvalue weighted by Gasteiger charge is 2.20. The zero-order valence-corrected chi connectivity index (χ0v) is 32.5. The maximum absolute atomic E-state index is 5.16. The quantitative estimate of drug-likeness (QED) is 0.145. The van der Waals surface area contributed by atoms with E-state index >= 15 is 0 Å². The molecule has 0 bridgehead atoms. The Morgan fingerprint density at radius 2 is 0.450 bits per heavy atom. The lowest BCUT2D eigenvalue weighted by Gasteiger charge is -2.16. The first-order chi connectivity index (χ1) is 29.7. The van der Waals surface area contributed by atoms with Crippen LogP contribution in [0.5, 0.6) is 0 Å². The summed E-state index contributed by atoms with van der Waals surface area (Å²) in [4.78, 5) is 30.5. The van der Waals surface area contributed by atoms with E-state index in [2.05, 4.69) is 109 Å². The molecule has 0 atom stereocenters. The fraction of sp³-hybridized carbons (Fsp3) is 0. The van der Waals surface area contributed by atoms with Crippen molar-refractivity contribution in [2.24, 2.45) is 0 Å². The number of nitrogens with zero attached hydrogens (tertiary/aromatic N) is 6. The Bertz CT molecular complexity index is 2990. The minimum atomic E-state index is 0.587. The van der Waals surface area contributed by atoms with Gasteiger partial charge in [-0.25, -0.2) is 29.9 Å². The van der Waals surface area contributed by atoms with Crippen molar-refractivity contribution in [3.05, 3.63) is 218 Å². The van der Waals surface area contributed by atoms with Gasteiger partial charge in [-0.3, -0.25) is 0 Å². The van der Waals surface area contributed by atoms with E-state index in [-0.39, 0.29) is 0 Å².